The van der Waals surface area contributed by atoms with Gasteiger partial charge in [0.15, 0.2) is 0 Å². The molecule has 15 heavy (non-hydrogen) atoms. The van der Waals surface area contributed by atoms with Gasteiger partial charge in [-0.15, -0.1) is 0 Å². The maximum atomic E-state index is 13.4. The molecule has 0 bridgehead atoms. The zero-order chi connectivity index (χ0) is 10.7. The molecular weight excluding hydrogens is 191 g/mol. The summed E-state index contributed by atoms with van der Waals surface area (Å²) in [6.07, 6.45) is 4.60. The van der Waals surface area contributed by atoms with Gasteiger partial charge in [0.1, 0.15) is 5.82 Å². The molecule has 1 saturated carbocycles. The number of halogens is 1. The largest absolute Gasteiger partial charge is 0.393 e. The molecule has 1 aromatic carbocycles. The van der Waals surface area contributed by atoms with Crippen LogP contribution in [0.4, 0.5) is 4.39 Å². The second-order valence-electron chi connectivity index (χ2n) is 4.41. The van der Waals surface area contributed by atoms with Crippen LogP contribution in [0.5, 0.6) is 0 Å². The highest BCUT2D eigenvalue weighted by atomic mass is 19.1. The van der Waals surface area contributed by atoms with Crippen molar-refractivity contribution in [3.63, 3.8) is 0 Å². The van der Waals surface area contributed by atoms with Crippen molar-refractivity contribution in [2.75, 3.05) is 0 Å². The van der Waals surface area contributed by atoms with Gasteiger partial charge in [0.25, 0.3) is 0 Å². The van der Waals surface area contributed by atoms with Crippen molar-refractivity contribution in [3.8, 4) is 0 Å². The maximum absolute atomic E-state index is 13.4. The van der Waals surface area contributed by atoms with E-state index in [9.17, 15) is 9.50 Å². The van der Waals surface area contributed by atoms with Crippen LogP contribution in [-0.2, 0) is 6.42 Å². The zero-order valence-electron chi connectivity index (χ0n) is 8.82. The molecule has 1 N–H and O–H groups in total. The van der Waals surface area contributed by atoms with Gasteiger partial charge in [-0.05, 0) is 36.8 Å². The van der Waals surface area contributed by atoms with Gasteiger partial charge in [-0.3, -0.25) is 0 Å². The summed E-state index contributed by atoms with van der Waals surface area (Å²) in [4.78, 5) is 0. The lowest BCUT2D eigenvalue weighted by Crippen LogP contribution is -2.26. The number of rotatable bonds is 2. The van der Waals surface area contributed by atoms with E-state index in [1.54, 1.807) is 6.07 Å². The van der Waals surface area contributed by atoms with Crippen molar-refractivity contribution < 1.29 is 9.50 Å². The number of benzene rings is 1. The quantitative estimate of drug-likeness (QED) is 0.792. The van der Waals surface area contributed by atoms with Gasteiger partial charge in [-0.1, -0.05) is 31.0 Å². The Bertz CT molecular complexity index is 324. The normalized spacial score (nSPS) is 26.5. The van der Waals surface area contributed by atoms with Crippen LogP contribution >= 0.6 is 0 Å². The van der Waals surface area contributed by atoms with Gasteiger partial charge in [0, 0.05) is 0 Å². The van der Waals surface area contributed by atoms with Crippen LogP contribution in [0.3, 0.4) is 0 Å². The van der Waals surface area contributed by atoms with Crippen molar-refractivity contribution in [3.05, 3.63) is 35.6 Å². The molecule has 1 fully saturated rings. The summed E-state index contributed by atoms with van der Waals surface area (Å²) >= 11 is 0. The SMILES string of the molecule is OC1CCCCC1Cc1ccccc1F. The van der Waals surface area contributed by atoms with Gasteiger partial charge >= 0.3 is 0 Å². The van der Waals surface area contributed by atoms with Gasteiger partial charge in [0.2, 0.25) is 0 Å². The summed E-state index contributed by atoms with van der Waals surface area (Å²) in [5, 5.41) is 9.80. The Balaban J connectivity index is 2.04. The van der Waals surface area contributed by atoms with E-state index in [1.165, 1.54) is 6.07 Å². The average molecular weight is 208 g/mol. The van der Waals surface area contributed by atoms with E-state index in [4.69, 9.17) is 0 Å². The fourth-order valence-corrected chi connectivity index (χ4v) is 2.37. The summed E-state index contributed by atoms with van der Waals surface area (Å²) in [5.74, 6) is 0.103. The molecule has 0 radical (unpaired) electrons. The van der Waals surface area contributed by atoms with E-state index >= 15 is 0 Å². The lowest BCUT2D eigenvalue weighted by atomic mass is 9.82. The van der Waals surface area contributed by atoms with E-state index in [-0.39, 0.29) is 17.8 Å². The van der Waals surface area contributed by atoms with Crippen molar-refractivity contribution in [1.29, 1.82) is 0 Å². The second-order valence-corrected chi connectivity index (χ2v) is 4.41. The maximum Gasteiger partial charge on any atom is 0.126 e. The minimum Gasteiger partial charge on any atom is -0.393 e. The third-order valence-electron chi connectivity index (χ3n) is 3.31. The topological polar surface area (TPSA) is 20.2 Å². The molecule has 2 heteroatoms. The van der Waals surface area contributed by atoms with Crippen LogP contribution in [0.2, 0.25) is 0 Å². The molecule has 0 amide bonds. The predicted molar refractivity (Wildman–Crippen MR) is 58.1 cm³/mol. The molecule has 1 nitrogen and oxygen atoms in total. The lowest BCUT2D eigenvalue weighted by molar-refractivity contribution is 0.0696. The van der Waals surface area contributed by atoms with Crippen LogP contribution in [0.1, 0.15) is 31.2 Å². The highest BCUT2D eigenvalue weighted by Crippen LogP contribution is 2.27. The number of hydrogen-bond donors (Lipinski definition) is 1. The monoisotopic (exact) mass is 208 g/mol. The molecule has 0 aromatic heterocycles. The van der Waals surface area contributed by atoms with Crippen molar-refractivity contribution in [2.45, 2.75) is 38.2 Å². The second kappa shape index (κ2) is 4.75. The standard InChI is InChI=1S/C13H17FO/c14-12-7-3-1-5-10(12)9-11-6-2-4-8-13(11)15/h1,3,5,7,11,13,15H,2,4,6,8-9H2. The van der Waals surface area contributed by atoms with Gasteiger partial charge in [-0.25, -0.2) is 4.39 Å². The van der Waals surface area contributed by atoms with Gasteiger partial charge in [-0.2, -0.15) is 0 Å². The van der Waals surface area contributed by atoms with E-state index < -0.39 is 0 Å². The van der Waals surface area contributed by atoms with Gasteiger partial charge < -0.3 is 5.11 Å². The van der Waals surface area contributed by atoms with Gasteiger partial charge in [0.05, 0.1) is 6.10 Å². The molecular formula is C13H17FO. The van der Waals surface area contributed by atoms with Crippen LogP contribution in [-0.4, -0.2) is 11.2 Å². The van der Waals surface area contributed by atoms with Crippen molar-refractivity contribution in [1.82, 2.24) is 0 Å². The Morgan fingerprint density at radius 3 is 2.67 bits per heavy atom. The molecule has 2 unspecified atom stereocenters. The Morgan fingerprint density at radius 1 is 1.20 bits per heavy atom. The van der Waals surface area contributed by atoms with Crippen molar-refractivity contribution >= 4 is 0 Å². The van der Waals surface area contributed by atoms with Crippen molar-refractivity contribution in [2.24, 2.45) is 5.92 Å². The first-order valence-corrected chi connectivity index (χ1v) is 5.69. The molecule has 1 aliphatic carbocycles. The fourth-order valence-electron chi connectivity index (χ4n) is 2.37. The molecule has 0 spiro atoms. The average Bonchev–Trinajstić information content (AvgIpc) is 2.24. The lowest BCUT2D eigenvalue weighted by Gasteiger charge is -2.27. The smallest absolute Gasteiger partial charge is 0.126 e. The van der Waals surface area contributed by atoms with Crippen LogP contribution in [0, 0.1) is 11.7 Å². The molecule has 1 aliphatic rings. The molecule has 1 aromatic rings. The van der Waals surface area contributed by atoms with E-state index in [0.29, 0.717) is 6.42 Å². The third-order valence-corrected chi connectivity index (χ3v) is 3.31. The highest BCUT2D eigenvalue weighted by Gasteiger charge is 2.23. The van der Waals surface area contributed by atoms with Crippen LogP contribution < -0.4 is 0 Å². The number of aliphatic hydroxyl groups is 1. The summed E-state index contributed by atoms with van der Waals surface area (Å²) in [6.45, 7) is 0. The zero-order valence-corrected chi connectivity index (χ0v) is 8.82. The summed E-state index contributed by atoms with van der Waals surface area (Å²) in [5.41, 5.74) is 0.739. The summed E-state index contributed by atoms with van der Waals surface area (Å²) in [7, 11) is 0. The Hall–Kier alpha value is -0.890. The Kier molecular flexibility index (Phi) is 3.37. The molecule has 2 rings (SSSR count). The fraction of sp³-hybridized carbons (Fsp3) is 0.538. The first-order valence-electron chi connectivity index (χ1n) is 5.69. The Labute approximate surface area is 89.9 Å². The van der Waals surface area contributed by atoms with Crippen LogP contribution in [0.25, 0.3) is 0 Å². The van der Waals surface area contributed by atoms with Crippen LogP contribution in [0.15, 0.2) is 24.3 Å². The molecule has 82 valence electrons. The number of aliphatic hydroxyl groups excluding tert-OH is 1. The van der Waals surface area contributed by atoms with E-state index in [2.05, 4.69) is 0 Å². The molecule has 0 aliphatic heterocycles. The Morgan fingerprint density at radius 2 is 1.93 bits per heavy atom. The number of hydrogen-bond acceptors (Lipinski definition) is 1. The van der Waals surface area contributed by atoms with E-state index in [0.717, 1.165) is 31.2 Å². The minimum absolute atomic E-state index is 0.143. The minimum atomic E-state index is -0.238. The highest BCUT2D eigenvalue weighted by molar-refractivity contribution is 5.18. The molecule has 2 atom stereocenters. The summed E-state index contributed by atoms with van der Waals surface area (Å²) in [6, 6.07) is 6.87. The first-order chi connectivity index (χ1) is 7.27. The molecule has 0 saturated heterocycles. The first kappa shape index (κ1) is 10.6. The molecule has 0 heterocycles. The predicted octanol–water partition coefficient (Wildman–Crippen LogP) is 2.92. The summed E-state index contributed by atoms with van der Waals surface area (Å²) < 4.78 is 13.4. The van der Waals surface area contributed by atoms with E-state index in [1.807, 2.05) is 12.1 Å². The third kappa shape index (κ3) is 2.57.